The number of oxazole rings is 1. The van der Waals surface area contributed by atoms with E-state index in [-0.39, 0.29) is 24.2 Å². The SMILES string of the molecule is CC1c2cc(C(=O)O)ccc2C(=O)N1Cc1ccc2c(c1)oc(=O)n2COCC[Si](C)(C)C. The van der Waals surface area contributed by atoms with Crippen LogP contribution in [-0.4, -0.2) is 41.1 Å². The molecular formula is C24H28N2O6Si. The van der Waals surface area contributed by atoms with Gasteiger partial charge in [0, 0.05) is 26.8 Å². The maximum absolute atomic E-state index is 12.9. The third-order valence-electron chi connectivity index (χ3n) is 6.01. The van der Waals surface area contributed by atoms with Gasteiger partial charge in [0.15, 0.2) is 5.58 Å². The van der Waals surface area contributed by atoms with Crippen LogP contribution in [0.2, 0.25) is 25.7 Å². The Labute approximate surface area is 192 Å². The van der Waals surface area contributed by atoms with Gasteiger partial charge in [-0.2, -0.15) is 0 Å². The number of fused-ring (bicyclic) bond motifs is 2. The molecular weight excluding hydrogens is 440 g/mol. The summed E-state index contributed by atoms with van der Waals surface area (Å²) in [7, 11) is -1.21. The molecule has 1 unspecified atom stereocenters. The largest absolute Gasteiger partial charge is 0.478 e. The average molecular weight is 469 g/mol. The van der Waals surface area contributed by atoms with Gasteiger partial charge in [-0.05, 0) is 54.4 Å². The zero-order valence-corrected chi connectivity index (χ0v) is 20.3. The van der Waals surface area contributed by atoms with Crippen molar-refractivity contribution in [3.63, 3.8) is 0 Å². The lowest BCUT2D eigenvalue weighted by molar-refractivity contribution is 0.0695. The maximum atomic E-state index is 12.9. The van der Waals surface area contributed by atoms with Crippen LogP contribution in [0.15, 0.2) is 45.6 Å². The van der Waals surface area contributed by atoms with Crippen molar-refractivity contribution in [3.8, 4) is 0 Å². The zero-order valence-electron chi connectivity index (χ0n) is 19.3. The molecule has 1 N–H and O–H groups in total. The second-order valence-electron chi connectivity index (χ2n) is 9.66. The molecule has 0 bridgehead atoms. The van der Waals surface area contributed by atoms with Gasteiger partial charge in [0.2, 0.25) is 0 Å². The molecule has 0 saturated heterocycles. The van der Waals surface area contributed by atoms with E-state index in [1.807, 2.05) is 13.0 Å². The quantitative estimate of drug-likeness (QED) is 0.390. The molecule has 33 heavy (non-hydrogen) atoms. The van der Waals surface area contributed by atoms with E-state index in [0.29, 0.717) is 35.4 Å². The molecule has 0 fully saturated rings. The van der Waals surface area contributed by atoms with Crippen molar-refractivity contribution in [1.82, 2.24) is 9.47 Å². The monoisotopic (exact) mass is 468 g/mol. The third kappa shape index (κ3) is 4.65. The Kier molecular flexibility index (Phi) is 6.02. The maximum Gasteiger partial charge on any atom is 0.421 e. The van der Waals surface area contributed by atoms with Crippen molar-refractivity contribution >= 4 is 31.1 Å². The molecule has 8 nitrogen and oxygen atoms in total. The molecule has 3 aromatic rings. The molecule has 0 spiro atoms. The molecule has 174 valence electrons. The minimum atomic E-state index is -1.21. The van der Waals surface area contributed by atoms with Crippen molar-refractivity contribution in [2.24, 2.45) is 0 Å². The summed E-state index contributed by atoms with van der Waals surface area (Å²) in [5, 5.41) is 9.25. The van der Waals surface area contributed by atoms with Gasteiger partial charge in [0.05, 0.1) is 17.1 Å². The Hall–Kier alpha value is -3.17. The number of carboxylic acid groups (broad SMARTS) is 1. The highest BCUT2D eigenvalue weighted by Gasteiger charge is 2.34. The molecule has 1 atom stereocenters. The Morgan fingerprint density at radius 2 is 1.91 bits per heavy atom. The normalized spacial score (nSPS) is 15.9. The number of ether oxygens (including phenoxy) is 1. The van der Waals surface area contributed by atoms with Crippen molar-refractivity contribution in [1.29, 1.82) is 0 Å². The highest BCUT2D eigenvalue weighted by Crippen LogP contribution is 2.35. The summed E-state index contributed by atoms with van der Waals surface area (Å²) in [5.74, 6) is -1.65. The van der Waals surface area contributed by atoms with Crippen molar-refractivity contribution in [3.05, 3.63) is 69.2 Å². The molecule has 1 aliphatic rings. The standard InChI is InChI=1S/C24H28N2O6Si/c1-15-19-12-17(23(28)29)6-7-18(19)22(27)25(15)13-16-5-8-20-21(11-16)32-24(30)26(20)14-31-9-10-33(2,3)4/h5-8,11-12,15H,9-10,13-14H2,1-4H3,(H,28,29). The lowest BCUT2D eigenvalue weighted by Gasteiger charge is -2.22. The van der Waals surface area contributed by atoms with E-state index in [1.165, 1.54) is 10.6 Å². The highest BCUT2D eigenvalue weighted by atomic mass is 28.3. The van der Waals surface area contributed by atoms with Crippen LogP contribution >= 0.6 is 0 Å². The predicted octanol–water partition coefficient (Wildman–Crippen LogP) is 4.32. The molecule has 1 aromatic heterocycles. The lowest BCUT2D eigenvalue weighted by atomic mass is 10.0. The fourth-order valence-corrected chi connectivity index (χ4v) is 4.76. The van der Waals surface area contributed by atoms with Gasteiger partial charge in [-0.15, -0.1) is 0 Å². The summed E-state index contributed by atoms with van der Waals surface area (Å²) in [6.07, 6.45) is 0. The second-order valence-corrected chi connectivity index (χ2v) is 15.3. The number of amides is 1. The smallest absolute Gasteiger partial charge is 0.421 e. The summed E-state index contributed by atoms with van der Waals surface area (Å²) in [6, 6.07) is 10.8. The molecule has 4 rings (SSSR count). The first-order valence-corrected chi connectivity index (χ1v) is 14.6. The van der Waals surface area contributed by atoms with Crippen LogP contribution < -0.4 is 5.76 Å². The van der Waals surface area contributed by atoms with Crippen LogP contribution in [0.4, 0.5) is 0 Å². The number of rotatable bonds is 8. The van der Waals surface area contributed by atoms with Gasteiger partial charge in [0.25, 0.3) is 5.91 Å². The summed E-state index contributed by atoms with van der Waals surface area (Å²) in [6.45, 7) is 9.74. The Morgan fingerprint density at radius 1 is 1.15 bits per heavy atom. The number of aromatic nitrogens is 1. The van der Waals surface area contributed by atoms with E-state index in [2.05, 4.69) is 19.6 Å². The van der Waals surface area contributed by atoms with Gasteiger partial charge >= 0.3 is 11.7 Å². The van der Waals surface area contributed by atoms with Crippen LogP contribution in [0.5, 0.6) is 0 Å². The van der Waals surface area contributed by atoms with Crippen LogP contribution in [0.25, 0.3) is 11.1 Å². The van der Waals surface area contributed by atoms with Gasteiger partial charge in [-0.1, -0.05) is 25.7 Å². The molecule has 9 heteroatoms. The number of benzene rings is 2. The highest BCUT2D eigenvalue weighted by molar-refractivity contribution is 6.76. The van der Waals surface area contributed by atoms with Crippen molar-refractivity contribution in [2.75, 3.05) is 6.61 Å². The summed E-state index contributed by atoms with van der Waals surface area (Å²) >= 11 is 0. The minimum absolute atomic E-state index is 0.137. The van der Waals surface area contributed by atoms with E-state index < -0.39 is 19.8 Å². The number of carboxylic acids is 1. The topological polar surface area (TPSA) is 102 Å². The number of nitrogens with zero attached hydrogens (tertiary/aromatic N) is 2. The van der Waals surface area contributed by atoms with Gasteiger partial charge in [-0.25, -0.2) is 14.2 Å². The van der Waals surface area contributed by atoms with Crippen molar-refractivity contribution < 1.29 is 23.8 Å². The third-order valence-corrected chi connectivity index (χ3v) is 7.71. The van der Waals surface area contributed by atoms with Gasteiger partial charge in [-0.3, -0.25) is 4.79 Å². The second kappa shape index (κ2) is 8.64. The number of carbonyl (C=O) groups is 2. The van der Waals surface area contributed by atoms with Crippen LogP contribution in [-0.2, 0) is 18.0 Å². The molecule has 2 aromatic carbocycles. The van der Waals surface area contributed by atoms with Gasteiger partial charge < -0.3 is 19.2 Å². The summed E-state index contributed by atoms with van der Waals surface area (Å²) in [5.41, 5.74) is 3.28. The molecule has 0 aliphatic carbocycles. The predicted molar refractivity (Wildman–Crippen MR) is 126 cm³/mol. The van der Waals surface area contributed by atoms with E-state index in [1.54, 1.807) is 29.2 Å². The fourth-order valence-electron chi connectivity index (χ4n) is 4.01. The fraction of sp³-hybridized carbons (Fsp3) is 0.375. The molecule has 1 amide bonds. The van der Waals surface area contributed by atoms with Gasteiger partial charge in [0.1, 0.15) is 6.73 Å². The van der Waals surface area contributed by atoms with Crippen LogP contribution in [0, 0.1) is 0 Å². The summed E-state index contributed by atoms with van der Waals surface area (Å²) in [4.78, 5) is 38.2. The molecule has 0 radical (unpaired) electrons. The first-order chi connectivity index (χ1) is 15.5. The van der Waals surface area contributed by atoms with E-state index in [9.17, 15) is 19.5 Å². The molecule has 0 saturated carbocycles. The Bertz CT molecular complexity index is 1290. The van der Waals surface area contributed by atoms with E-state index in [4.69, 9.17) is 9.15 Å². The first kappa shape index (κ1) is 23.0. The number of hydrogen-bond donors (Lipinski definition) is 1. The van der Waals surface area contributed by atoms with E-state index in [0.717, 1.165) is 11.6 Å². The molecule has 1 aliphatic heterocycles. The number of hydrogen-bond acceptors (Lipinski definition) is 5. The average Bonchev–Trinajstić information content (AvgIpc) is 3.18. The summed E-state index contributed by atoms with van der Waals surface area (Å²) < 4.78 is 12.6. The van der Waals surface area contributed by atoms with Crippen LogP contribution in [0.3, 0.4) is 0 Å². The minimum Gasteiger partial charge on any atom is -0.478 e. The molecule has 2 heterocycles. The lowest BCUT2D eigenvalue weighted by Crippen LogP contribution is -2.26. The number of aromatic carboxylic acids is 1. The zero-order chi connectivity index (χ0) is 23.9. The first-order valence-electron chi connectivity index (χ1n) is 10.9. The van der Waals surface area contributed by atoms with Crippen LogP contribution in [0.1, 0.15) is 44.8 Å². The van der Waals surface area contributed by atoms with Crippen molar-refractivity contribution in [2.45, 2.75) is 51.9 Å². The number of carbonyl (C=O) groups excluding carboxylic acids is 1. The van der Waals surface area contributed by atoms with E-state index >= 15 is 0 Å². The Morgan fingerprint density at radius 3 is 2.61 bits per heavy atom. The Balaban J connectivity index is 1.51.